The number of nitrogens with one attached hydrogen (secondary N) is 2. The Morgan fingerprint density at radius 3 is 2.83 bits per heavy atom. The van der Waals surface area contributed by atoms with Crippen LogP contribution in [0.3, 0.4) is 0 Å². The average Bonchev–Trinajstić information content (AvgIpc) is 3.13. The molecule has 0 saturated heterocycles. The number of benzene rings is 1. The number of nitrogens with zero attached hydrogens (tertiary/aromatic N) is 1. The topological polar surface area (TPSA) is 84.3 Å². The van der Waals surface area contributed by atoms with E-state index in [-0.39, 0.29) is 11.6 Å². The molecule has 1 aromatic rings. The summed E-state index contributed by atoms with van der Waals surface area (Å²) in [5, 5.41) is 16.5. The molecule has 0 aliphatic heterocycles. The zero-order valence-electron chi connectivity index (χ0n) is 10.1. The fraction of sp³-hybridized carbons (Fsp3) is 0.417. The van der Waals surface area contributed by atoms with Crippen LogP contribution >= 0.6 is 0 Å². The number of anilines is 1. The van der Waals surface area contributed by atoms with Gasteiger partial charge in [0.1, 0.15) is 6.04 Å². The van der Waals surface area contributed by atoms with Gasteiger partial charge in [-0.2, -0.15) is 0 Å². The molecule has 0 aromatic heterocycles. The van der Waals surface area contributed by atoms with Crippen LogP contribution in [0.2, 0.25) is 0 Å². The van der Waals surface area contributed by atoms with Crippen LogP contribution < -0.4 is 10.6 Å². The van der Waals surface area contributed by atoms with Gasteiger partial charge >= 0.3 is 0 Å². The van der Waals surface area contributed by atoms with Gasteiger partial charge in [0.05, 0.1) is 4.92 Å². The molecule has 18 heavy (non-hydrogen) atoms. The first-order chi connectivity index (χ1) is 8.56. The first-order valence-electron chi connectivity index (χ1n) is 5.87. The van der Waals surface area contributed by atoms with Crippen molar-refractivity contribution in [2.24, 2.45) is 0 Å². The van der Waals surface area contributed by atoms with Crippen molar-refractivity contribution in [2.75, 3.05) is 5.32 Å². The van der Waals surface area contributed by atoms with Gasteiger partial charge in [-0.15, -0.1) is 0 Å². The molecule has 1 aliphatic rings. The second kappa shape index (κ2) is 5.03. The smallest absolute Gasteiger partial charge is 0.271 e. The minimum Gasteiger partial charge on any atom is -0.374 e. The quantitative estimate of drug-likeness (QED) is 0.614. The summed E-state index contributed by atoms with van der Waals surface area (Å²) in [7, 11) is 0. The van der Waals surface area contributed by atoms with Crippen LogP contribution in [0, 0.1) is 10.1 Å². The van der Waals surface area contributed by atoms with Crippen LogP contribution in [-0.2, 0) is 4.79 Å². The van der Waals surface area contributed by atoms with Gasteiger partial charge in [-0.1, -0.05) is 6.07 Å². The number of amides is 1. The third kappa shape index (κ3) is 3.19. The number of hydrogen-bond donors (Lipinski definition) is 2. The highest BCUT2D eigenvalue weighted by atomic mass is 16.6. The minimum atomic E-state index is -0.458. The molecule has 0 spiro atoms. The normalized spacial score (nSPS) is 15.8. The molecule has 1 aliphatic carbocycles. The van der Waals surface area contributed by atoms with Crippen molar-refractivity contribution in [3.05, 3.63) is 34.4 Å². The SMILES string of the molecule is C[C@H](Nc1cccc([N+](=O)[O-])c1)C(=O)NC1CC1. The molecular weight excluding hydrogens is 234 g/mol. The Hall–Kier alpha value is -2.11. The predicted octanol–water partition coefficient (Wildman–Crippen LogP) is 1.67. The Morgan fingerprint density at radius 2 is 2.22 bits per heavy atom. The molecule has 2 N–H and O–H groups in total. The lowest BCUT2D eigenvalue weighted by atomic mass is 10.2. The molecule has 0 heterocycles. The molecule has 1 fully saturated rings. The first-order valence-corrected chi connectivity index (χ1v) is 5.87. The Kier molecular flexibility index (Phi) is 3.45. The molecule has 1 atom stereocenters. The summed E-state index contributed by atoms with van der Waals surface area (Å²) in [5.74, 6) is -0.0796. The van der Waals surface area contributed by atoms with Gasteiger partial charge in [0, 0.05) is 23.9 Å². The minimum absolute atomic E-state index is 0.00908. The summed E-state index contributed by atoms with van der Waals surface area (Å²) >= 11 is 0. The number of nitro benzene ring substituents is 1. The van der Waals surface area contributed by atoms with Gasteiger partial charge in [0.2, 0.25) is 5.91 Å². The lowest BCUT2D eigenvalue weighted by molar-refractivity contribution is -0.384. The fourth-order valence-corrected chi connectivity index (χ4v) is 1.58. The fourth-order valence-electron chi connectivity index (χ4n) is 1.58. The van der Waals surface area contributed by atoms with Crippen molar-refractivity contribution < 1.29 is 9.72 Å². The van der Waals surface area contributed by atoms with Crippen LogP contribution in [0.1, 0.15) is 19.8 Å². The van der Waals surface area contributed by atoms with Crippen molar-refractivity contribution >= 4 is 17.3 Å². The standard InChI is InChI=1S/C12H15N3O3/c1-8(12(16)14-9-5-6-9)13-10-3-2-4-11(7-10)15(17)18/h2-4,7-9,13H,5-6H2,1H3,(H,14,16)/t8-/m0/s1. The Balaban J connectivity index is 1.96. The third-order valence-electron chi connectivity index (χ3n) is 2.76. The molecule has 1 amide bonds. The summed E-state index contributed by atoms with van der Waals surface area (Å²) in [6.07, 6.45) is 2.07. The highest BCUT2D eigenvalue weighted by Crippen LogP contribution is 2.20. The highest BCUT2D eigenvalue weighted by Gasteiger charge is 2.25. The Morgan fingerprint density at radius 1 is 1.50 bits per heavy atom. The van der Waals surface area contributed by atoms with Crippen LogP contribution in [0.4, 0.5) is 11.4 Å². The maximum Gasteiger partial charge on any atom is 0.271 e. The second-order valence-electron chi connectivity index (χ2n) is 4.46. The van der Waals surface area contributed by atoms with Crippen molar-refractivity contribution in [2.45, 2.75) is 31.8 Å². The molecule has 0 radical (unpaired) electrons. The molecule has 1 saturated carbocycles. The van der Waals surface area contributed by atoms with Gasteiger partial charge in [0.15, 0.2) is 0 Å². The van der Waals surface area contributed by atoms with E-state index in [0.717, 1.165) is 12.8 Å². The van der Waals surface area contributed by atoms with E-state index in [9.17, 15) is 14.9 Å². The Labute approximate surface area is 105 Å². The van der Waals surface area contributed by atoms with Crippen molar-refractivity contribution in [1.82, 2.24) is 5.32 Å². The van der Waals surface area contributed by atoms with Crippen LogP contribution in [0.25, 0.3) is 0 Å². The van der Waals surface area contributed by atoms with E-state index in [1.165, 1.54) is 12.1 Å². The molecule has 0 unspecified atom stereocenters. The van der Waals surface area contributed by atoms with Gasteiger partial charge < -0.3 is 10.6 Å². The lowest BCUT2D eigenvalue weighted by Crippen LogP contribution is -2.38. The maximum absolute atomic E-state index is 11.7. The molecule has 0 bridgehead atoms. The predicted molar refractivity (Wildman–Crippen MR) is 67.3 cm³/mol. The number of hydrogen-bond acceptors (Lipinski definition) is 4. The summed E-state index contributed by atoms with van der Waals surface area (Å²) < 4.78 is 0. The van der Waals surface area contributed by atoms with E-state index < -0.39 is 11.0 Å². The van der Waals surface area contributed by atoms with E-state index in [1.807, 2.05) is 0 Å². The van der Waals surface area contributed by atoms with Crippen LogP contribution in [-0.4, -0.2) is 22.9 Å². The van der Waals surface area contributed by atoms with Gasteiger partial charge in [-0.25, -0.2) is 0 Å². The maximum atomic E-state index is 11.7. The van der Waals surface area contributed by atoms with Crippen molar-refractivity contribution in [3.8, 4) is 0 Å². The van der Waals surface area contributed by atoms with E-state index >= 15 is 0 Å². The monoisotopic (exact) mass is 249 g/mol. The van der Waals surface area contributed by atoms with E-state index in [0.29, 0.717) is 11.7 Å². The summed E-state index contributed by atoms with van der Waals surface area (Å²) in [4.78, 5) is 21.9. The third-order valence-corrected chi connectivity index (χ3v) is 2.76. The number of carbonyl (C=O) groups excluding carboxylic acids is 1. The zero-order chi connectivity index (χ0) is 13.1. The Bertz CT molecular complexity index is 471. The molecule has 6 nitrogen and oxygen atoms in total. The number of non-ortho nitro benzene ring substituents is 1. The summed E-state index contributed by atoms with van der Waals surface area (Å²) in [5.41, 5.74) is 0.581. The van der Waals surface area contributed by atoms with Gasteiger partial charge in [-0.05, 0) is 25.8 Å². The zero-order valence-corrected chi connectivity index (χ0v) is 10.1. The molecule has 1 aromatic carbocycles. The van der Waals surface area contributed by atoms with Crippen molar-refractivity contribution in [1.29, 1.82) is 0 Å². The molecule has 96 valence electrons. The van der Waals surface area contributed by atoms with E-state index in [2.05, 4.69) is 10.6 Å². The first kappa shape index (κ1) is 12.3. The summed E-state index contributed by atoms with van der Waals surface area (Å²) in [6.45, 7) is 1.73. The largest absolute Gasteiger partial charge is 0.374 e. The number of rotatable bonds is 5. The highest BCUT2D eigenvalue weighted by molar-refractivity contribution is 5.84. The molecule has 2 rings (SSSR count). The number of nitro groups is 1. The second-order valence-corrected chi connectivity index (χ2v) is 4.46. The van der Waals surface area contributed by atoms with E-state index in [1.54, 1.807) is 19.1 Å². The van der Waals surface area contributed by atoms with Crippen molar-refractivity contribution in [3.63, 3.8) is 0 Å². The summed E-state index contributed by atoms with van der Waals surface area (Å²) in [6, 6.07) is 6.03. The molecule has 6 heteroatoms. The lowest BCUT2D eigenvalue weighted by Gasteiger charge is -2.14. The average molecular weight is 249 g/mol. The number of carbonyl (C=O) groups is 1. The van der Waals surface area contributed by atoms with Gasteiger partial charge in [0.25, 0.3) is 5.69 Å². The van der Waals surface area contributed by atoms with Crippen LogP contribution in [0.5, 0.6) is 0 Å². The van der Waals surface area contributed by atoms with Gasteiger partial charge in [-0.3, -0.25) is 14.9 Å². The van der Waals surface area contributed by atoms with E-state index in [4.69, 9.17) is 0 Å². The molecular formula is C12H15N3O3. The van der Waals surface area contributed by atoms with Crippen LogP contribution in [0.15, 0.2) is 24.3 Å².